The Labute approximate surface area is 109 Å². The van der Waals surface area contributed by atoms with E-state index in [2.05, 4.69) is 21.2 Å². The molecule has 1 rings (SSSR count). The van der Waals surface area contributed by atoms with Gasteiger partial charge in [-0.25, -0.2) is 0 Å². The minimum atomic E-state index is -0.0850. The molecule has 0 unspecified atom stereocenters. The summed E-state index contributed by atoms with van der Waals surface area (Å²) < 4.78 is 0.867. The van der Waals surface area contributed by atoms with E-state index >= 15 is 0 Å². The molecule has 16 heavy (non-hydrogen) atoms. The van der Waals surface area contributed by atoms with Crippen molar-refractivity contribution in [3.8, 4) is 0 Å². The highest BCUT2D eigenvalue weighted by atomic mass is 79.9. The van der Waals surface area contributed by atoms with Gasteiger partial charge in [-0.2, -0.15) is 0 Å². The van der Waals surface area contributed by atoms with E-state index in [0.29, 0.717) is 11.3 Å². The maximum atomic E-state index is 11.6. The Morgan fingerprint density at radius 2 is 2.12 bits per heavy atom. The van der Waals surface area contributed by atoms with Crippen molar-refractivity contribution in [3.05, 3.63) is 28.2 Å². The van der Waals surface area contributed by atoms with Gasteiger partial charge in [0.1, 0.15) is 4.99 Å². The molecule has 0 heterocycles. The topological polar surface area (TPSA) is 55.1 Å². The van der Waals surface area contributed by atoms with E-state index in [-0.39, 0.29) is 16.8 Å². The number of halogens is 1. The Morgan fingerprint density at radius 1 is 1.50 bits per heavy atom. The summed E-state index contributed by atoms with van der Waals surface area (Å²) in [7, 11) is 0. The van der Waals surface area contributed by atoms with E-state index in [1.165, 1.54) is 0 Å². The quantitative estimate of drug-likeness (QED) is 0.844. The predicted octanol–water partition coefficient (Wildman–Crippen LogP) is 2.68. The average molecular weight is 301 g/mol. The van der Waals surface area contributed by atoms with E-state index in [1.807, 2.05) is 19.9 Å². The van der Waals surface area contributed by atoms with Crippen molar-refractivity contribution in [3.63, 3.8) is 0 Å². The van der Waals surface area contributed by atoms with E-state index < -0.39 is 0 Å². The normalized spacial score (nSPS) is 10.2. The van der Waals surface area contributed by atoms with Crippen molar-refractivity contribution < 1.29 is 4.79 Å². The molecule has 0 spiro atoms. The predicted molar refractivity (Wildman–Crippen MR) is 73.5 cm³/mol. The number of rotatable bonds is 3. The molecule has 5 heteroatoms. The summed E-state index contributed by atoms with van der Waals surface area (Å²) in [5.41, 5.74) is 6.89. The summed E-state index contributed by atoms with van der Waals surface area (Å²) in [5.74, 6) is -0.145. The molecule has 0 aliphatic heterocycles. The second kappa shape index (κ2) is 5.41. The second-order valence-electron chi connectivity index (χ2n) is 3.70. The van der Waals surface area contributed by atoms with Crippen LogP contribution in [0.5, 0.6) is 0 Å². The smallest absolute Gasteiger partial charge is 0.226 e. The SMILES string of the molecule is CC(C)C(=O)Nc1cc(Br)ccc1C(N)=S. The lowest BCUT2D eigenvalue weighted by Gasteiger charge is -2.12. The summed E-state index contributed by atoms with van der Waals surface area (Å²) in [5, 5.41) is 2.80. The van der Waals surface area contributed by atoms with E-state index in [9.17, 15) is 4.79 Å². The Morgan fingerprint density at radius 3 is 2.62 bits per heavy atom. The van der Waals surface area contributed by atoms with Crippen molar-refractivity contribution in [1.29, 1.82) is 0 Å². The van der Waals surface area contributed by atoms with Gasteiger partial charge >= 0.3 is 0 Å². The van der Waals surface area contributed by atoms with Crippen molar-refractivity contribution in [2.24, 2.45) is 11.7 Å². The molecule has 1 aromatic carbocycles. The number of nitrogens with two attached hydrogens (primary N) is 1. The third kappa shape index (κ3) is 3.28. The first-order valence-electron chi connectivity index (χ1n) is 4.82. The van der Waals surface area contributed by atoms with Gasteiger partial charge in [0, 0.05) is 16.0 Å². The number of carbonyl (C=O) groups is 1. The van der Waals surface area contributed by atoms with Crippen molar-refractivity contribution in [2.75, 3.05) is 5.32 Å². The van der Waals surface area contributed by atoms with E-state index in [0.717, 1.165) is 4.47 Å². The van der Waals surface area contributed by atoms with Crippen LogP contribution in [0.4, 0.5) is 5.69 Å². The van der Waals surface area contributed by atoms with Gasteiger partial charge in [0.15, 0.2) is 0 Å². The molecular formula is C11H13BrN2OS. The summed E-state index contributed by atoms with van der Waals surface area (Å²) in [4.78, 5) is 11.9. The molecule has 0 bridgehead atoms. The van der Waals surface area contributed by atoms with Gasteiger partial charge in [0.2, 0.25) is 5.91 Å². The fraction of sp³-hybridized carbons (Fsp3) is 0.273. The maximum Gasteiger partial charge on any atom is 0.226 e. The minimum absolute atomic E-state index is 0.0596. The maximum absolute atomic E-state index is 11.6. The second-order valence-corrected chi connectivity index (χ2v) is 5.05. The molecule has 86 valence electrons. The van der Waals surface area contributed by atoms with E-state index in [4.69, 9.17) is 18.0 Å². The summed E-state index contributed by atoms with van der Waals surface area (Å²) >= 11 is 8.26. The third-order valence-electron chi connectivity index (χ3n) is 2.03. The highest BCUT2D eigenvalue weighted by Crippen LogP contribution is 2.22. The standard InChI is InChI=1S/C11H13BrN2OS/c1-6(2)11(15)14-9-5-7(12)3-4-8(9)10(13)16/h3-6H,1-2H3,(H2,13,16)(H,14,15). The summed E-state index contributed by atoms with van der Waals surface area (Å²) in [6, 6.07) is 5.40. The molecule has 3 N–H and O–H groups in total. The number of anilines is 1. The molecule has 0 aromatic heterocycles. The molecule has 0 saturated carbocycles. The van der Waals surface area contributed by atoms with Gasteiger partial charge in [0.05, 0.1) is 5.69 Å². The molecule has 0 fully saturated rings. The number of benzene rings is 1. The molecule has 1 aromatic rings. The molecule has 0 saturated heterocycles. The van der Waals surface area contributed by atoms with Crippen molar-refractivity contribution >= 4 is 44.7 Å². The summed E-state index contributed by atoms with van der Waals surface area (Å²) in [6.07, 6.45) is 0. The summed E-state index contributed by atoms with van der Waals surface area (Å²) in [6.45, 7) is 3.65. The Balaban J connectivity index is 3.06. The van der Waals surface area contributed by atoms with Gasteiger partial charge in [0.25, 0.3) is 0 Å². The molecule has 1 amide bonds. The van der Waals surface area contributed by atoms with Crippen LogP contribution in [0.3, 0.4) is 0 Å². The van der Waals surface area contributed by atoms with Gasteiger partial charge in [-0.15, -0.1) is 0 Å². The lowest BCUT2D eigenvalue weighted by molar-refractivity contribution is -0.118. The zero-order valence-corrected chi connectivity index (χ0v) is 11.5. The largest absolute Gasteiger partial charge is 0.389 e. The number of hydrogen-bond acceptors (Lipinski definition) is 2. The highest BCUT2D eigenvalue weighted by molar-refractivity contribution is 9.10. The number of nitrogens with one attached hydrogen (secondary N) is 1. The van der Waals surface area contributed by atoms with Crippen molar-refractivity contribution in [1.82, 2.24) is 0 Å². The Bertz CT molecular complexity index is 432. The third-order valence-corrected chi connectivity index (χ3v) is 2.74. The molecule has 0 radical (unpaired) electrons. The number of hydrogen-bond donors (Lipinski definition) is 2. The first kappa shape index (κ1) is 13.1. The van der Waals surface area contributed by atoms with Gasteiger partial charge in [-0.1, -0.05) is 42.0 Å². The average Bonchev–Trinajstić information content (AvgIpc) is 2.16. The fourth-order valence-corrected chi connectivity index (χ4v) is 1.65. The van der Waals surface area contributed by atoms with Gasteiger partial charge < -0.3 is 11.1 Å². The van der Waals surface area contributed by atoms with Crippen LogP contribution in [0, 0.1) is 5.92 Å². The van der Waals surface area contributed by atoms with Crippen LogP contribution < -0.4 is 11.1 Å². The number of amides is 1. The molecule has 0 atom stereocenters. The van der Waals surface area contributed by atoms with Crippen LogP contribution >= 0.6 is 28.1 Å². The molecular weight excluding hydrogens is 288 g/mol. The van der Waals surface area contributed by atoms with Gasteiger partial charge in [-0.05, 0) is 18.2 Å². The first-order valence-corrected chi connectivity index (χ1v) is 6.02. The number of thiocarbonyl (C=S) groups is 1. The van der Waals surface area contributed by atoms with Crippen LogP contribution in [-0.2, 0) is 4.79 Å². The number of carbonyl (C=O) groups excluding carboxylic acids is 1. The Hall–Kier alpha value is -0.940. The first-order chi connectivity index (χ1) is 7.41. The van der Waals surface area contributed by atoms with Crippen LogP contribution in [0.2, 0.25) is 0 Å². The van der Waals surface area contributed by atoms with Crippen LogP contribution in [0.15, 0.2) is 22.7 Å². The molecule has 0 aliphatic carbocycles. The lowest BCUT2D eigenvalue weighted by atomic mass is 10.1. The fourth-order valence-electron chi connectivity index (χ4n) is 1.11. The van der Waals surface area contributed by atoms with Gasteiger partial charge in [-0.3, -0.25) is 4.79 Å². The van der Waals surface area contributed by atoms with Crippen LogP contribution in [-0.4, -0.2) is 10.9 Å². The Kier molecular flexibility index (Phi) is 4.44. The zero-order chi connectivity index (χ0) is 12.3. The highest BCUT2D eigenvalue weighted by Gasteiger charge is 2.11. The minimum Gasteiger partial charge on any atom is -0.389 e. The zero-order valence-electron chi connectivity index (χ0n) is 9.08. The lowest BCUT2D eigenvalue weighted by Crippen LogP contribution is -2.21. The van der Waals surface area contributed by atoms with Crippen LogP contribution in [0.1, 0.15) is 19.4 Å². The molecule has 0 aliphatic rings. The van der Waals surface area contributed by atoms with E-state index in [1.54, 1.807) is 12.1 Å². The van der Waals surface area contributed by atoms with Crippen molar-refractivity contribution in [2.45, 2.75) is 13.8 Å². The van der Waals surface area contributed by atoms with Crippen LogP contribution in [0.25, 0.3) is 0 Å². The molecule has 3 nitrogen and oxygen atoms in total. The monoisotopic (exact) mass is 300 g/mol.